The highest BCUT2D eigenvalue weighted by molar-refractivity contribution is 5.95. The second-order valence-electron chi connectivity index (χ2n) is 5.34. The largest absolute Gasteiger partial charge is 0.336 e. The summed E-state index contributed by atoms with van der Waals surface area (Å²) >= 11 is 0. The number of nitro benzene ring substituents is 1. The van der Waals surface area contributed by atoms with Gasteiger partial charge in [-0.1, -0.05) is 6.07 Å². The van der Waals surface area contributed by atoms with E-state index in [-0.39, 0.29) is 17.1 Å². The van der Waals surface area contributed by atoms with E-state index >= 15 is 0 Å². The highest BCUT2D eigenvalue weighted by Crippen LogP contribution is 2.17. The molecule has 1 saturated heterocycles. The van der Waals surface area contributed by atoms with Crippen molar-refractivity contribution in [1.82, 2.24) is 10.2 Å². The van der Waals surface area contributed by atoms with Gasteiger partial charge in [-0.15, -0.1) is 0 Å². The van der Waals surface area contributed by atoms with Crippen LogP contribution < -0.4 is 5.32 Å². The Morgan fingerprint density at radius 3 is 2.84 bits per heavy atom. The van der Waals surface area contributed by atoms with Crippen LogP contribution in [0.1, 0.15) is 24.2 Å². The Morgan fingerprint density at radius 1 is 1.47 bits per heavy atom. The molecule has 1 fully saturated rings. The van der Waals surface area contributed by atoms with Crippen LogP contribution in [0.3, 0.4) is 0 Å². The van der Waals surface area contributed by atoms with Gasteiger partial charge in [-0.3, -0.25) is 14.9 Å². The van der Waals surface area contributed by atoms with E-state index in [0.29, 0.717) is 18.7 Å². The number of nitrogens with zero attached hydrogens (tertiary/aromatic N) is 2. The molecule has 1 N–H and O–H groups in total. The van der Waals surface area contributed by atoms with Gasteiger partial charge in [-0.2, -0.15) is 0 Å². The first-order chi connectivity index (χ1) is 8.89. The summed E-state index contributed by atoms with van der Waals surface area (Å²) in [5, 5.41) is 14.0. The van der Waals surface area contributed by atoms with E-state index in [0.717, 1.165) is 6.54 Å². The lowest BCUT2D eigenvalue weighted by molar-refractivity contribution is -0.384. The van der Waals surface area contributed by atoms with Crippen LogP contribution in [0, 0.1) is 10.1 Å². The number of hydrogen-bond donors (Lipinski definition) is 1. The normalized spacial score (nSPS) is 18.1. The van der Waals surface area contributed by atoms with Crippen molar-refractivity contribution in [3.63, 3.8) is 0 Å². The molecule has 1 aromatic carbocycles. The average molecular weight is 263 g/mol. The minimum atomic E-state index is -0.488. The molecule has 0 aliphatic carbocycles. The molecule has 1 aromatic rings. The molecule has 0 spiro atoms. The fourth-order valence-corrected chi connectivity index (χ4v) is 2.25. The van der Waals surface area contributed by atoms with Gasteiger partial charge >= 0.3 is 0 Å². The van der Waals surface area contributed by atoms with Crippen molar-refractivity contribution in [1.29, 1.82) is 0 Å². The van der Waals surface area contributed by atoms with Crippen LogP contribution in [0.15, 0.2) is 24.3 Å². The van der Waals surface area contributed by atoms with Gasteiger partial charge in [0.2, 0.25) is 0 Å². The molecule has 0 unspecified atom stereocenters. The van der Waals surface area contributed by atoms with Gasteiger partial charge < -0.3 is 10.2 Å². The number of non-ortho nitro benzene ring substituents is 1. The lowest BCUT2D eigenvalue weighted by atomic mass is 10.0. The van der Waals surface area contributed by atoms with E-state index in [9.17, 15) is 14.9 Å². The molecule has 0 saturated carbocycles. The predicted octanol–water partition coefficient (Wildman–Crippen LogP) is 1.42. The molecular weight excluding hydrogens is 246 g/mol. The Bertz CT molecular complexity index is 514. The summed E-state index contributed by atoms with van der Waals surface area (Å²) < 4.78 is 0. The first-order valence-electron chi connectivity index (χ1n) is 6.18. The SMILES string of the molecule is CC1(C)CN(C(=O)c2cccc([N+](=O)[O-])c2)CCN1. The molecule has 19 heavy (non-hydrogen) atoms. The summed E-state index contributed by atoms with van der Waals surface area (Å²) in [7, 11) is 0. The highest BCUT2D eigenvalue weighted by atomic mass is 16.6. The quantitative estimate of drug-likeness (QED) is 0.646. The zero-order valence-electron chi connectivity index (χ0n) is 11.0. The maximum Gasteiger partial charge on any atom is 0.270 e. The van der Waals surface area contributed by atoms with E-state index in [1.165, 1.54) is 12.1 Å². The summed E-state index contributed by atoms with van der Waals surface area (Å²) in [5.74, 6) is -0.154. The van der Waals surface area contributed by atoms with Gasteiger partial charge in [0.1, 0.15) is 0 Å². The molecular formula is C13H17N3O3. The van der Waals surface area contributed by atoms with Gasteiger partial charge in [-0.25, -0.2) is 0 Å². The Morgan fingerprint density at radius 2 is 2.21 bits per heavy atom. The van der Waals surface area contributed by atoms with Crippen molar-refractivity contribution in [3.05, 3.63) is 39.9 Å². The second-order valence-corrected chi connectivity index (χ2v) is 5.34. The fourth-order valence-electron chi connectivity index (χ4n) is 2.25. The van der Waals surface area contributed by atoms with Crippen LogP contribution in [0.4, 0.5) is 5.69 Å². The predicted molar refractivity (Wildman–Crippen MR) is 71.1 cm³/mol. The molecule has 0 radical (unpaired) electrons. The van der Waals surface area contributed by atoms with Crippen LogP contribution in [0.25, 0.3) is 0 Å². The maximum absolute atomic E-state index is 12.3. The number of carbonyl (C=O) groups excluding carboxylic acids is 1. The summed E-state index contributed by atoms with van der Waals surface area (Å²) in [4.78, 5) is 24.3. The van der Waals surface area contributed by atoms with Crippen molar-refractivity contribution in [2.45, 2.75) is 19.4 Å². The van der Waals surface area contributed by atoms with Gasteiger partial charge in [-0.05, 0) is 19.9 Å². The molecule has 1 heterocycles. The number of rotatable bonds is 2. The smallest absolute Gasteiger partial charge is 0.270 e. The minimum absolute atomic E-state index is 0.0553. The van der Waals surface area contributed by atoms with Crippen molar-refractivity contribution in [2.75, 3.05) is 19.6 Å². The molecule has 0 bridgehead atoms. The van der Waals surface area contributed by atoms with Gasteiger partial charge in [0.25, 0.3) is 11.6 Å². The summed E-state index contributed by atoms with van der Waals surface area (Å²) in [6.07, 6.45) is 0. The van der Waals surface area contributed by atoms with E-state index in [1.807, 2.05) is 13.8 Å². The van der Waals surface area contributed by atoms with Crippen molar-refractivity contribution < 1.29 is 9.72 Å². The topological polar surface area (TPSA) is 75.5 Å². The van der Waals surface area contributed by atoms with Crippen molar-refractivity contribution in [3.8, 4) is 0 Å². The number of nitro groups is 1. The van der Waals surface area contributed by atoms with Crippen LogP contribution in [-0.4, -0.2) is 40.9 Å². The number of hydrogen-bond acceptors (Lipinski definition) is 4. The Balaban J connectivity index is 2.19. The number of piperazine rings is 1. The fraction of sp³-hybridized carbons (Fsp3) is 0.462. The van der Waals surface area contributed by atoms with Crippen molar-refractivity contribution in [2.24, 2.45) is 0 Å². The summed E-state index contributed by atoms with van der Waals surface area (Å²) in [6, 6.07) is 5.87. The first-order valence-corrected chi connectivity index (χ1v) is 6.18. The van der Waals surface area contributed by atoms with Gasteiger partial charge in [0.15, 0.2) is 0 Å². The summed E-state index contributed by atoms with van der Waals surface area (Å²) in [6.45, 7) is 5.99. The second kappa shape index (κ2) is 4.97. The summed E-state index contributed by atoms with van der Waals surface area (Å²) in [5.41, 5.74) is 0.182. The Labute approximate surface area is 111 Å². The van der Waals surface area contributed by atoms with E-state index < -0.39 is 4.92 Å². The number of nitrogens with one attached hydrogen (secondary N) is 1. The highest BCUT2D eigenvalue weighted by Gasteiger charge is 2.29. The molecule has 102 valence electrons. The molecule has 1 amide bonds. The molecule has 6 heteroatoms. The molecule has 1 aliphatic heterocycles. The van der Waals surface area contributed by atoms with E-state index in [4.69, 9.17) is 0 Å². The van der Waals surface area contributed by atoms with Crippen LogP contribution in [0.2, 0.25) is 0 Å². The molecule has 0 atom stereocenters. The van der Waals surface area contributed by atoms with Crippen LogP contribution >= 0.6 is 0 Å². The van der Waals surface area contributed by atoms with Crippen molar-refractivity contribution >= 4 is 11.6 Å². The minimum Gasteiger partial charge on any atom is -0.336 e. The van der Waals surface area contributed by atoms with E-state index in [1.54, 1.807) is 17.0 Å². The standard InChI is InChI=1S/C13H17N3O3/c1-13(2)9-15(7-6-14-13)12(17)10-4-3-5-11(8-10)16(18)19/h3-5,8,14H,6-7,9H2,1-2H3. The third-order valence-electron chi connectivity index (χ3n) is 3.16. The van der Waals surface area contributed by atoms with Gasteiger partial charge in [0.05, 0.1) is 4.92 Å². The van der Waals surface area contributed by atoms with Gasteiger partial charge in [0, 0.05) is 42.9 Å². The van der Waals surface area contributed by atoms with Crippen LogP contribution in [0.5, 0.6) is 0 Å². The molecule has 6 nitrogen and oxygen atoms in total. The molecule has 2 rings (SSSR count). The van der Waals surface area contributed by atoms with E-state index in [2.05, 4.69) is 5.32 Å². The third kappa shape index (κ3) is 3.08. The Hall–Kier alpha value is -1.95. The lowest BCUT2D eigenvalue weighted by Crippen LogP contribution is -2.58. The Kier molecular flexibility index (Phi) is 3.53. The number of benzene rings is 1. The zero-order valence-corrected chi connectivity index (χ0v) is 11.0. The zero-order chi connectivity index (χ0) is 14.0. The third-order valence-corrected chi connectivity index (χ3v) is 3.16. The number of carbonyl (C=O) groups is 1. The van der Waals surface area contributed by atoms with Crippen LogP contribution in [-0.2, 0) is 0 Å². The number of amides is 1. The average Bonchev–Trinajstić information content (AvgIpc) is 2.37. The molecule has 1 aliphatic rings. The molecule has 0 aromatic heterocycles. The maximum atomic E-state index is 12.3. The monoisotopic (exact) mass is 263 g/mol. The lowest BCUT2D eigenvalue weighted by Gasteiger charge is -2.39. The first kappa shape index (κ1) is 13.5.